The molecular weight excluding hydrogens is 563 g/mol. The number of hydrogen-bond donors (Lipinski definition) is 0. The maximum atomic E-state index is 2.60. The molecule has 1 heterocycles. The van der Waals surface area contributed by atoms with Crippen LogP contribution in [0.15, 0.2) is 60.1 Å². The lowest BCUT2D eigenvalue weighted by atomic mass is 9.77. The normalized spacial score (nSPS) is 16.2. The first-order valence-corrected chi connectivity index (χ1v) is 18.1. The number of benzene rings is 3. The van der Waals surface area contributed by atoms with Crippen molar-refractivity contribution < 1.29 is 4.57 Å². The zero-order chi connectivity index (χ0) is 33.1. The van der Waals surface area contributed by atoms with Crippen LogP contribution in [0.3, 0.4) is 0 Å². The van der Waals surface area contributed by atoms with E-state index in [-0.39, 0.29) is 21.7 Å². The van der Waals surface area contributed by atoms with Crippen LogP contribution in [0.1, 0.15) is 148 Å². The van der Waals surface area contributed by atoms with Gasteiger partial charge in [-0.15, -0.1) is 0 Å². The molecule has 1 nitrogen and oxygen atoms in total. The minimum atomic E-state index is 0.0550. The molecule has 0 spiro atoms. The maximum absolute atomic E-state index is 2.60. The average molecular weight is 621 g/mol. The average Bonchev–Trinajstić information content (AvgIpc) is 3.38. The van der Waals surface area contributed by atoms with Crippen LogP contribution >= 0.6 is 11.3 Å². The van der Waals surface area contributed by atoms with E-state index in [0.29, 0.717) is 5.92 Å². The standard InChI is InChI=1S/C43H58NS/c1-14-28-17-15-20-37-39(28)45-27-44(37)38-35(29-21-31(40(2,3)4)25-32(22-29)41(5,6)7)18-16-19-36(38)30-23-33(42(8,9)10)26-34(24-30)43(11,12)13/h16,18-19,21-28H,14-15,17,20H2,1-13H3/q+1. The van der Waals surface area contributed by atoms with Crippen LogP contribution in [0.2, 0.25) is 0 Å². The lowest BCUT2D eigenvalue weighted by Gasteiger charge is -2.27. The molecule has 3 aromatic carbocycles. The molecule has 1 aromatic heterocycles. The molecule has 0 saturated heterocycles. The van der Waals surface area contributed by atoms with Gasteiger partial charge in [-0.25, -0.2) is 0 Å². The Balaban J connectivity index is 1.90. The largest absolute Gasteiger partial charge is 0.231 e. The highest BCUT2D eigenvalue weighted by atomic mass is 32.1. The summed E-state index contributed by atoms with van der Waals surface area (Å²) in [7, 11) is 0. The van der Waals surface area contributed by atoms with Gasteiger partial charge < -0.3 is 0 Å². The van der Waals surface area contributed by atoms with Crippen LogP contribution in [0.25, 0.3) is 27.9 Å². The molecule has 5 rings (SSSR count). The number of rotatable bonds is 4. The summed E-state index contributed by atoms with van der Waals surface area (Å²) < 4.78 is 2.60. The first-order valence-electron chi connectivity index (χ1n) is 17.3. The Hall–Kier alpha value is -2.71. The topological polar surface area (TPSA) is 3.88 Å². The molecule has 2 heteroatoms. The summed E-state index contributed by atoms with van der Waals surface area (Å²) in [5, 5.41) is 0. The molecule has 1 atom stereocenters. The lowest BCUT2D eigenvalue weighted by Crippen LogP contribution is -2.36. The number of hydrogen-bond acceptors (Lipinski definition) is 1. The van der Waals surface area contributed by atoms with E-state index in [2.05, 4.69) is 155 Å². The van der Waals surface area contributed by atoms with Crippen molar-refractivity contribution in [2.75, 3.05) is 0 Å². The van der Waals surface area contributed by atoms with Gasteiger partial charge in [0.15, 0.2) is 0 Å². The van der Waals surface area contributed by atoms with Gasteiger partial charge in [0.05, 0.1) is 16.0 Å². The highest BCUT2D eigenvalue weighted by molar-refractivity contribution is 7.09. The van der Waals surface area contributed by atoms with E-state index in [1.807, 2.05) is 11.3 Å². The zero-order valence-corrected chi connectivity index (χ0v) is 31.4. The first-order chi connectivity index (χ1) is 20.8. The number of thiazole rings is 1. The Morgan fingerprint density at radius 3 is 1.44 bits per heavy atom. The van der Waals surface area contributed by atoms with Crippen LogP contribution in [0, 0.1) is 0 Å². The van der Waals surface area contributed by atoms with E-state index in [4.69, 9.17) is 0 Å². The van der Waals surface area contributed by atoms with Crippen molar-refractivity contribution in [1.82, 2.24) is 0 Å². The molecule has 0 amide bonds. The second-order valence-corrected chi connectivity index (χ2v) is 18.6. The molecule has 240 valence electrons. The van der Waals surface area contributed by atoms with Crippen molar-refractivity contribution in [3.8, 4) is 27.9 Å². The van der Waals surface area contributed by atoms with E-state index >= 15 is 0 Å². The summed E-state index contributed by atoms with van der Waals surface area (Å²) >= 11 is 1.98. The first kappa shape index (κ1) is 33.6. The van der Waals surface area contributed by atoms with Crippen LogP contribution in [-0.2, 0) is 28.1 Å². The number of fused-ring (bicyclic) bond motifs is 1. The van der Waals surface area contributed by atoms with Crippen molar-refractivity contribution >= 4 is 11.3 Å². The predicted octanol–water partition coefficient (Wildman–Crippen LogP) is 12.4. The van der Waals surface area contributed by atoms with Gasteiger partial charge >= 0.3 is 0 Å². The molecule has 0 aliphatic heterocycles. The SMILES string of the molecule is CCC1CCCc2c1sc[n+]2-c1c(-c2cc(C(C)(C)C)cc(C(C)(C)C)c2)cccc1-c1cc(C(C)(C)C)cc(C(C)(C)C)c1. The van der Waals surface area contributed by atoms with Gasteiger partial charge in [-0.05, 0) is 92.4 Å². The van der Waals surface area contributed by atoms with E-state index < -0.39 is 0 Å². The van der Waals surface area contributed by atoms with Crippen molar-refractivity contribution in [3.63, 3.8) is 0 Å². The van der Waals surface area contributed by atoms with E-state index in [1.165, 1.54) is 75.2 Å². The maximum Gasteiger partial charge on any atom is 0.231 e. The van der Waals surface area contributed by atoms with Crippen molar-refractivity contribution in [1.29, 1.82) is 0 Å². The molecular formula is C43H58NS+. The van der Waals surface area contributed by atoms with Gasteiger partial charge in [-0.3, -0.25) is 0 Å². The van der Waals surface area contributed by atoms with Crippen LogP contribution < -0.4 is 4.57 Å². The number of para-hydroxylation sites is 1. The molecule has 0 fully saturated rings. The summed E-state index contributed by atoms with van der Waals surface area (Å²) in [6.07, 6.45) is 4.94. The lowest BCUT2D eigenvalue weighted by molar-refractivity contribution is -0.598. The van der Waals surface area contributed by atoms with Gasteiger partial charge in [0.2, 0.25) is 16.9 Å². The Bertz CT molecular complexity index is 1530. The molecule has 1 aliphatic carbocycles. The van der Waals surface area contributed by atoms with Gasteiger partial charge in [0.25, 0.3) is 0 Å². The molecule has 1 aliphatic rings. The second kappa shape index (κ2) is 11.8. The highest BCUT2D eigenvalue weighted by Crippen LogP contribution is 2.42. The fourth-order valence-electron chi connectivity index (χ4n) is 6.73. The second-order valence-electron chi connectivity index (χ2n) is 17.7. The molecule has 45 heavy (non-hydrogen) atoms. The Morgan fingerprint density at radius 2 is 1.07 bits per heavy atom. The van der Waals surface area contributed by atoms with Crippen LogP contribution in [0.4, 0.5) is 0 Å². The van der Waals surface area contributed by atoms with Gasteiger partial charge in [-0.1, -0.05) is 144 Å². The molecule has 0 bridgehead atoms. The minimum absolute atomic E-state index is 0.0550. The molecule has 4 aromatic rings. The minimum Gasteiger partial charge on any atom is -0.153 e. The smallest absolute Gasteiger partial charge is 0.153 e. The van der Waals surface area contributed by atoms with E-state index in [0.717, 1.165) is 6.42 Å². The third-order valence-electron chi connectivity index (χ3n) is 9.92. The van der Waals surface area contributed by atoms with Gasteiger partial charge in [0, 0.05) is 6.42 Å². The van der Waals surface area contributed by atoms with Gasteiger partial charge in [0.1, 0.15) is 0 Å². The Morgan fingerprint density at radius 1 is 0.644 bits per heavy atom. The summed E-state index contributed by atoms with van der Waals surface area (Å²) in [4.78, 5) is 1.60. The number of aromatic nitrogens is 1. The predicted molar refractivity (Wildman–Crippen MR) is 197 cm³/mol. The van der Waals surface area contributed by atoms with E-state index in [9.17, 15) is 0 Å². The van der Waals surface area contributed by atoms with Crippen molar-refractivity contribution in [2.45, 2.75) is 143 Å². The zero-order valence-electron chi connectivity index (χ0n) is 30.5. The van der Waals surface area contributed by atoms with Crippen molar-refractivity contribution in [3.05, 3.63) is 92.9 Å². The Labute approximate surface area is 279 Å². The molecule has 0 saturated carbocycles. The van der Waals surface area contributed by atoms with Crippen LogP contribution in [0.5, 0.6) is 0 Å². The van der Waals surface area contributed by atoms with E-state index in [1.54, 1.807) is 4.88 Å². The fourth-order valence-corrected chi connectivity index (χ4v) is 7.99. The number of nitrogens with zero attached hydrogens (tertiary/aromatic N) is 1. The monoisotopic (exact) mass is 620 g/mol. The summed E-state index contributed by atoms with van der Waals surface area (Å²) in [6, 6.07) is 21.8. The molecule has 1 unspecified atom stereocenters. The molecule has 0 N–H and O–H groups in total. The van der Waals surface area contributed by atoms with Gasteiger partial charge in [-0.2, -0.15) is 4.57 Å². The summed E-state index contributed by atoms with van der Waals surface area (Å²) in [6.45, 7) is 30.5. The highest BCUT2D eigenvalue weighted by Gasteiger charge is 2.34. The Kier molecular flexibility index (Phi) is 8.84. The molecule has 0 radical (unpaired) electrons. The summed E-state index contributed by atoms with van der Waals surface area (Å²) in [5.74, 6) is 0.670. The van der Waals surface area contributed by atoms with Crippen LogP contribution in [-0.4, -0.2) is 0 Å². The third-order valence-corrected chi connectivity index (χ3v) is 11.1. The quantitative estimate of drug-likeness (QED) is 0.200. The third kappa shape index (κ3) is 6.87. The van der Waals surface area contributed by atoms with Crippen molar-refractivity contribution in [2.24, 2.45) is 0 Å². The summed E-state index contributed by atoms with van der Waals surface area (Å²) in [5.41, 5.74) is 16.4. The fraction of sp³-hybridized carbons (Fsp3) is 0.512.